The van der Waals surface area contributed by atoms with Crippen LogP contribution in [0.4, 0.5) is 0 Å². The Kier molecular flexibility index (Phi) is 10.0. The first-order chi connectivity index (χ1) is 20.4. The van der Waals surface area contributed by atoms with Crippen LogP contribution < -0.4 is 29.1 Å². The van der Waals surface area contributed by atoms with E-state index in [0.717, 1.165) is 11.3 Å². The maximum atomic E-state index is 12.7. The number of rotatable bonds is 12. The number of methoxy groups -OCH3 is 4. The van der Waals surface area contributed by atoms with E-state index in [-0.39, 0.29) is 28.9 Å². The maximum absolute atomic E-state index is 12.7. The third kappa shape index (κ3) is 6.99. The molecule has 0 fully saturated rings. The summed E-state index contributed by atoms with van der Waals surface area (Å²) in [6.07, 6.45) is 1.42. The van der Waals surface area contributed by atoms with Gasteiger partial charge in [-0.15, -0.1) is 10.2 Å². The predicted octanol–water partition coefficient (Wildman–Crippen LogP) is 4.14. The maximum Gasteiger partial charge on any atom is 0.308 e. The molecule has 0 unspecified atom stereocenters. The average Bonchev–Trinajstić information content (AvgIpc) is 3.44. The van der Waals surface area contributed by atoms with Crippen LogP contribution in [0.2, 0.25) is 0 Å². The number of carbonyl (C=O) groups is 2. The van der Waals surface area contributed by atoms with E-state index in [4.69, 9.17) is 23.7 Å². The van der Waals surface area contributed by atoms with E-state index in [2.05, 4.69) is 20.7 Å². The number of nitrogens with one attached hydrogen (secondary N) is 1. The van der Waals surface area contributed by atoms with Crippen molar-refractivity contribution in [3.05, 3.63) is 66.2 Å². The number of aromatic nitrogens is 3. The SMILES string of the molecule is COc1ccc(-c2nnc(SCC(=O)NN=Cc3cc(OC)c(OC(C)=O)c(OC)c3)n2-c2ccccc2)cc1OC. The molecule has 3 aromatic carbocycles. The van der Waals surface area contributed by atoms with Gasteiger partial charge in [0.2, 0.25) is 5.75 Å². The Morgan fingerprint density at radius 2 is 1.55 bits per heavy atom. The zero-order valence-electron chi connectivity index (χ0n) is 23.6. The summed E-state index contributed by atoms with van der Waals surface area (Å²) in [7, 11) is 6.01. The monoisotopic (exact) mass is 591 g/mol. The Labute approximate surface area is 246 Å². The molecule has 0 spiro atoms. The summed E-state index contributed by atoms with van der Waals surface area (Å²) in [4.78, 5) is 24.1. The minimum atomic E-state index is -0.517. The van der Waals surface area contributed by atoms with Crippen LogP contribution in [0.15, 0.2) is 70.9 Å². The number of benzene rings is 3. The van der Waals surface area contributed by atoms with Crippen LogP contribution in [0, 0.1) is 0 Å². The summed E-state index contributed by atoms with van der Waals surface area (Å²) >= 11 is 1.21. The van der Waals surface area contributed by atoms with Crippen LogP contribution in [0.1, 0.15) is 12.5 Å². The summed E-state index contributed by atoms with van der Waals surface area (Å²) in [6, 6.07) is 18.3. The van der Waals surface area contributed by atoms with Gasteiger partial charge in [-0.25, -0.2) is 5.43 Å². The Hall–Kier alpha value is -5.04. The minimum absolute atomic E-state index is 0.0201. The molecule has 0 atom stereocenters. The molecule has 1 aromatic heterocycles. The van der Waals surface area contributed by atoms with E-state index in [9.17, 15) is 9.59 Å². The summed E-state index contributed by atoms with van der Waals surface area (Å²) < 4.78 is 28.5. The topological polar surface area (TPSA) is 135 Å². The molecule has 218 valence electrons. The van der Waals surface area contributed by atoms with Gasteiger partial charge in [-0.05, 0) is 42.5 Å². The number of amides is 1. The van der Waals surface area contributed by atoms with Gasteiger partial charge >= 0.3 is 5.97 Å². The summed E-state index contributed by atoms with van der Waals surface area (Å²) in [5.74, 6) is 1.57. The van der Waals surface area contributed by atoms with Gasteiger partial charge in [0.05, 0.1) is 40.4 Å². The zero-order valence-corrected chi connectivity index (χ0v) is 24.4. The number of thioether (sulfide) groups is 1. The number of ether oxygens (including phenoxy) is 5. The molecule has 1 N–H and O–H groups in total. The lowest BCUT2D eigenvalue weighted by Crippen LogP contribution is -2.20. The number of carbonyl (C=O) groups excluding carboxylic acids is 2. The van der Waals surface area contributed by atoms with Gasteiger partial charge in [0.1, 0.15) is 0 Å². The Morgan fingerprint density at radius 3 is 2.17 bits per heavy atom. The highest BCUT2D eigenvalue weighted by Crippen LogP contribution is 2.38. The van der Waals surface area contributed by atoms with Crippen molar-refractivity contribution in [3.63, 3.8) is 0 Å². The number of para-hydroxylation sites is 1. The van der Waals surface area contributed by atoms with Crippen molar-refractivity contribution in [1.82, 2.24) is 20.2 Å². The molecular formula is C29H29N5O7S. The van der Waals surface area contributed by atoms with E-state index in [1.54, 1.807) is 32.4 Å². The summed E-state index contributed by atoms with van der Waals surface area (Å²) in [6.45, 7) is 1.28. The highest BCUT2D eigenvalue weighted by Gasteiger charge is 2.19. The third-order valence-electron chi connectivity index (χ3n) is 5.75. The van der Waals surface area contributed by atoms with Gasteiger partial charge < -0.3 is 23.7 Å². The number of esters is 1. The highest BCUT2D eigenvalue weighted by molar-refractivity contribution is 7.99. The van der Waals surface area contributed by atoms with Crippen molar-refractivity contribution in [2.45, 2.75) is 12.1 Å². The smallest absolute Gasteiger partial charge is 0.308 e. The van der Waals surface area contributed by atoms with E-state index in [1.165, 1.54) is 39.1 Å². The van der Waals surface area contributed by atoms with E-state index >= 15 is 0 Å². The van der Waals surface area contributed by atoms with Crippen LogP contribution in [-0.4, -0.2) is 67.0 Å². The van der Waals surface area contributed by atoms with Gasteiger partial charge in [-0.3, -0.25) is 14.2 Å². The molecular weight excluding hydrogens is 562 g/mol. The van der Waals surface area contributed by atoms with Crippen LogP contribution in [0.3, 0.4) is 0 Å². The molecule has 0 bridgehead atoms. The van der Waals surface area contributed by atoms with Crippen molar-refractivity contribution in [2.24, 2.45) is 5.10 Å². The fourth-order valence-electron chi connectivity index (χ4n) is 3.90. The summed E-state index contributed by atoms with van der Waals surface area (Å²) in [5, 5.41) is 13.3. The van der Waals surface area contributed by atoms with Crippen molar-refractivity contribution in [2.75, 3.05) is 34.2 Å². The van der Waals surface area contributed by atoms with Gasteiger partial charge in [-0.2, -0.15) is 5.10 Å². The normalized spacial score (nSPS) is 10.8. The first-order valence-electron chi connectivity index (χ1n) is 12.5. The van der Waals surface area contributed by atoms with Crippen LogP contribution in [0.25, 0.3) is 17.1 Å². The molecule has 0 saturated carbocycles. The second-order valence-electron chi connectivity index (χ2n) is 8.48. The zero-order chi connectivity index (χ0) is 30.1. The molecule has 1 heterocycles. The molecule has 1 amide bonds. The lowest BCUT2D eigenvalue weighted by molar-refractivity contribution is -0.132. The van der Waals surface area contributed by atoms with Gasteiger partial charge in [0.25, 0.3) is 5.91 Å². The second-order valence-corrected chi connectivity index (χ2v) is 9.42. The minimum Gasteiger partial charge on any atom is -0.493 e. The molecule has 13 heteroatoms. The first-order valence-corrected chi connectivity index (χ1v) is 13.5. The first kappa shape index (κ1) is 29.9. The Bertz CT molecular complexity index is 1570. The summed E-state index contributed by atoms with van der Waals surface area (Å²) in [5.41, 5.74) is 4.64. The van der Waals surface area contributed by atoms with Crippen molar-refractivity contribution >= 4 is 29.9 Å². The van der Waals surface area contributed by atoms with Crippen molar-refractivity contribution < 1.29 is 33.3 Å². The van der Waals surface area contributed by atoms with E-state index in [1.807, 2.05) is 47.0 Å². The fraction of sp³-hybridized carbons (Fsp3) is 0.207. The molecule has 0 aliphatic carbocycles. The predicted molar refractivity (Wildman–Crippen MR) is 157 cm³/mol. The van der Waals surface area contributed by atoms with E-state index in [0.29, 0.717) is 28.0 Å². The molecule has 4 rings (SSSR count). The second kappa shape index (κ2) is 14.0. The molecule has 42 heavy (non-hydrogen) atoms. The van der Waals surface area contributed by atoms with Crippen LogP contribution >= 0.6 is 11.8 Å². The van der Waals surface area contributed by atoms with E-state index < -0.39 is 5.97 Å². The lowest BCUT2D eigenvalue weighted by atomic mass is 10.2. The quantitative estimate of drug-likeness (QED) is 0.0842. The average molecular weight is 592 g/mol. The molecule has 0 radical (unpaired) electrons. The molecule has 0 aliphatic heterocycles. The number of hydrogen-bond donors (Lipinski definition) is 1. The fourth-order valence-corrected chi connectivity index (χ4v) is 4.64. The Balaban J connectivity index is 1.51. The third-order valence-corrected chi connectivity index (χ3v) is 6.68. The largest absolute Gasteiger partial charge is 0.493 e. The molecule has 4 aromatic rings. The van der Waals surface area contributed by atoms with Crippen LogP contribution in [-0.2, 0) is 9.59 Å². The van der Waals surface area contributed by atoms with Gasteiger partial charge in [-0.1, -0.05) is 30.0 Å². The standard InChI is InChI=1S/C29H29N5O7S/c1-18(35)41-27-24(39-4)13-19(14-25(27)40-5)16-30-31-26(36)17-42-29-33-32-28(34(29)21-9-7-6-8-10-21)20-11-12-22(37-2)23(15-20)38-3/h6-16H,17H2,1-5H3,(H,31,36). The van der Waals surface area contributed by atoms with Gasteiger partial charge in [0.15, 0.2) is 34.0 Å². The van der Waals surface area contributed by atoms with Crippen molar-refractivity contribution in [3.8, 4) is 45.8 Å². The lowest BCUT2D eigenvalue weighted by Gasteiger charge is -2.13. The number of hydrazone groups is 1. The van der Waals surface area contributed by atoms with Crippen molar-refractivity contribution in [1.29, 1.82) is 0 Å². The Morgan fingerprint density at radius 1 is 0.881 bits per heavy atom. The molecule has 0 aliphatic rings. The van der Waals surface area contributed by atoms with Gasteiger partial charge in [0, 0.05) is 23.7 Å². The van der Waals surface area contributed by atoms with Crippen LogP contribution in [0.5, 0.6) is 28.7 Å². The molecule has 0 saturated heterocycles. The number of hydrogen-bond acceptors (Lipinski definition) is 11. The number of nitrogens with zero attached hydrogens (tertiary/aromatic N) is 4. The molecule has 12 nitrogen and oxygen atoms in total. The highest BCUT2D eigenvalue weighted by atomic mass is 32.2.